The number of Topliss-reactive ketones (excluding diaryl/α,β-unsaturated/α-hetero) is 1. The Bertz CT molecular complexity index is 318. The molecule has 0 fully saturated rings. The number of hydrogen-bond donors (Lipinski definition) is 2. The van der Waals surface area contributed by atoms with Gasteiger partial charge in [0.15, 0.2) is 5.78 Å². The summed E-state index contributed by atoms with van der Waals surface area (Å²) in [4.78, 5) is 11.5. The van der Waals surface area contributed by atoms with Crippen molar-refractivity contribution < 1.29 is 19.7 Å². The Morgan fingerprint density at radius 2 is 1.81 bits per heavy atom. The molecule has 0 atom stereocenters. The van der Waals surface area contributed by atoms with E-state index in [1.54, 1.807) is 24.3 Å². The lowest BCUT2D eigenvalue weighted by Crippen LogP contribution is -2.03. The summed E-state index contributed by atoms with van der Waals surface area (Å²) in [5.41, 5.74) is 0.616. The molecule has 4 heteroatoms. The molecule has 1 aromatic carbocycles. The number of ketones is 1. The first kappa shape index (κ1) is 12.7. The first-order valence-electron chi connectivity index (χ1n) is 5.25. The molecule has 0 spiro atoms. The fourth-order valence-corrected chi connectivity index (χ4v) is 1.28. The quantitative estimate of drug-likeness (QED) is 0.678. The molecule has 0 aliphatic heterocycles. The van der Waals surface area contributed by atoms with E-state index in [1.165, 1.54) is 0 Å². The van der Waals surface area contributed by atoms with Crippen molar-refractivity contribution in [1.82, 2.24) is 0 Å². The zero-order valence-corrected chi connectivity index (χ0v) is 9.06. The number of ether oxygens (including phenoxy) is 1. The maximum Gasteiger partial charge on any atom is 0.162 e. The van der Waals surface area contributed by atoms with E-state index in [2.05, 4.69) is 0 Å². The maximum absolute atomic E-state index is 11.5. The summed E-state index contributed by atoms with van der Waals surface area (Å²) in [6, 6.07) is 6.77. The molecule has 0 saturated heterocycles. The summed E-state index contributed by atoms with van der Waals surface area (Å²) >= 11 is 0. The third-order valence-corrected chi connectivity index (χ3v) is 2.10. The molecule has 0 bridgehead atoms. The average Bonchev–Trinajstić information content (AvgIpc) is 2.34. The van der Waals surface area contributed by atoms with Crippen molar-refractivity contribution >= 4 is 5.78 Å². The van der Waals surface area contributed by atoms with E-state index >= 15 is 0 Å². The van der Waals surface area contributed by atoms with Gasteiger partial charge in [0.2, 0.25) is 0 Å². The molecule has 4 nitrogen and oxygen atoms in total. The standard InChI is InChI=1S/C12H16O4/c13-7-1-2-12(15)10-3-5-11(6-4-10)16-9-8-14/h3-6,13-14H,1-2,7-9H2. The van der Waals surface area contributed by atoms with Gasteiger partial charge < -0.3 is 14.9 Å². The van der Waals surface area contributed by atoms with Crippen LogP contribution in [-0.2, 0) is 0 Å². The monoisotopic (exact) mass is 224 g/mol. The summed E-state index contributed by atoms with van der Waals surface area (Å²) in [5.74, 6) is 0.649. The van der Waals surface area contributed by atoms with Crippen LogP contribution >= 0.6 is 0 Å². The van der Waals surface area contributed by atoms with Gasteiger partial charge in [0.1, 0.15) is 12.4 Å². The molecule has 0 heterocycles. The third kappa shape index (κ3) is 4.00. The van der Waals surface area contributed by atoms with Gasteiger partial charge in [-0.05, 0) is 30.7 Å². The number of aliphatic hydroxyl groups excluding tert-OH is 2. The van der Waals surface area contributed by atoms with Gasteiger partial charge >= 0.3 is 0 Å². The van der Waals surface area contributed by atoms with Crippen LogP contribution in [0.1, 0.15) is 23.2 Å². The highest BCUT2D eigenvalue weighted by Crippen LogP contribution is 2.13. The second-order valence-electron chi connectivity index (χ2n) is 3.35. The number of hydrogen-bond acceptors (Lipinski definition) is 4. The fraction of sp³-hybridized carbons (Fsp3) is 0.417. The third-order valence-electron chi connectivity index (χ3n) is 2.10. The normalized spacial score (nSPS) is 10.1. The predicted octanol–water partition coefficient (Wildman–Crippen LogP) is 1.01. The van der Waals surface area contributed by atoms with Crippen molar-refractivity contribution in [2.24, 2.45) is 0 Å². The zero-order chi connectivity index (χ0) is 11.8. The van der Waals surface area contributed by atoms with Crippen LogP contribution in [0.2, 0.25) is 0 Å². The average molecular weight is 224 g/mol. The molecule has 0 aliphatic carbocycles. The van der Waals surface area contributed by atoms with Gasteiger partial charge in [-0.3, -0.25) is 4.79 Å². The fourth-order valence-electron chi connectivity index (χ4n) is 1.28. The van der Waals surface area contributed by atoms with Gasteiger partial charge in [0, 0.05) is 18.6 Å². The van der Waals surface area contributed by atoms with E-state index in [9.17, 15) is 4.79 Å². The highest BCUT2D eigenvalue weighted by Gasteiger charge is 2.05. The Kier molecular flexibility index (Phi) is 5.53. The Labute approximate surface area is 94.5 Å². The van der Waals surface area contributed by atoms with Crippen LogP contribution in [0, 0.1) is 0 Å². The van der Waals surface area contributed by atoms with Crippen LogP contribution in [-0.4, -0.2) is 35.8 Å². The second kappa shape index (κ2) is 6.98. The van der Waals surface area contributed by atoms with Crippen molar-refractivity contribution in [2.75, 3.05) is 19.8 Å². The minimum absolute atomic E-state index is 0.0164. The van der Waals surface area contributed by atoms with Gasteiger partial charge in [0.25, 0.3) is 0 Å². The lowest BCUT2D eigenvalue weighted by molar-refractivity contribution is 0.0971. The summed E-state index contributed by atoms with van der Waals surface area (Å²) in [7, 11) is 0. The van der Waals surface area contributed by atoms with Crippen LogP contribution in [0.4, 0.5) is 0 Å². The van der Waals surface area contributed by atoms with E-state index < -0.39 is 0 Å². The van der Waals surface area contributed by atoms with Gasteiger partial charge in [0.05, 0.1) is 6.61 Å². The van der Waals surface area contributed by atoms with Crippen molar-refractivity contribution in [3.8, 4) is 5.75 Å². The molecule has 0 amide bonds. The number of carbonyl (C=O) groups is 1. The second-order valence-corrected chi connectivity index (χ2v) is 3.35. The number of aliphatic hydroxyl groups is 2. The minimum atomic E-state index is -0.0306. The topological polar surface area (TPSA) is 66.8 Å². The molecular formula is C12H16O4. The van der Waals surface area contributed by atoms with Gasteiger partial charge in [-0.25, -0.2) is 0 Å². The lowest BCUT2D eigenvalue weighted by atomic mass is 10.1. The Morgan fingerprint density at radius 3 is 2.38 bits per heavy atom. The van der Waals surface area contributed by atoms with Crippen LogP contribution < -0.4 is 4.74 Å². The Balaban J connectivity index is 2.53. The van der Waals surface area contributed by atoms with Crippen LogP contribution in [0.15, 0.2) is 24.3 Å². The molecule has 0 unspecified atom stereocenters. The molecule has 1 aromatic rings. The molecule has 0 aromatic heterocycles. The molecule has 88 valence electrons. The molecule has 16 heavy (non-hydrogen) atoms. The Hall–Kier alpha value is -1.39. The van der Waals surface area contributed by atoms with Crippen LogP contribution in [0.25, 0.3) is 0 Å². The van der Waals surface area contributed by atoms with Crippen LogP contribution in [0.3, 0.4) is 0 Å². The number of carbonyl (C=O) groups excluding carboxylic acids is 1. The first-order chi connectivity index (χ1) is 7.77. The molecule has 0 radical (unpaired) electrons. The maximum atomic E-state index is 11.5. The molecule has 0 aliphatic rings. The lowest BCUT2D eigenvalue weighted by Gasteiger charge is -2.05. The van der Waals surface area contributed by atoms with Crippen molar-refractivity contribution in [3.05, 3.63) is 29.8 Å². The van der Waals surface area contributed by atoms with Crippen molar-refractivity contribution in [3.63, 3.8) is 0 Å². The summed E-state index contributed by atoms with van der Waals surface area (Å²) in [6.45, 7) is 0.248. The van der Waals surface area contributed by atoms with Crippen molar-refractivity contribution in [2.45, 2.75) is 12.8 Å². The Morgan fingerprint density at radius 1 is 1.12 bits per heavy atom. The number of rotatable bonds is 7. The first-order valence-corrected chi connectivity index (χ1v) is 5.25. The molecule has 2 N–H and O–H groups in total. The van der Waals surface area contributed by atoms with E-state index in [4.69, 9.17) is 14.9 Å². The smallest absolute Gasteiger partial charge is 0.162 e. The predicted molar refractivity (Wildman–Crippen MR) is 59.7 cm³/mol. The highest BCUT2D eigenvalue weighted by atomic mass is 16.5. The SMILES string of the molecule is O=C(CCCO)c1ccc(OCCO)cc1. The number of benzene rings is 1. The van der Waals surface area contributed by atoms with Gasteiger partial charge in [-0.15, -0.1) is 0 Å². The van der Waals surface area contributed by atoms with E-state index in [-0.39, 0.29) is 25.6 Å². The van der Waals surface area contributed by atoms with E-state index in [0.29, 0.717) is 24.2 Å². The molecular weight excluding hydrogens is 208 g/mol. The van der Waals surface area contributed by atoms with E-state index in [1.807, 2.05) is 0 Å². The summed E-state index contributed by atoms with van der Waals surface area (Å²) in [5, 5.41) is 17.2. The minimum Gasteiger partial charge on any atom is -0.491 e. The van der Waals surface area contributed by atoms with Gasteiger partial charge in [-0.1, -0.05) is 0 Å². The zero-order valence-electron chi connectivity index (χ0n) is 9.06. The van der Waals surface area contributed by atoms with Crippen LogP contribution in [0.5, 0.6) is 5.75 Å². The highest BCUT2D eigenvalue weighted by molar-refractivity contribution is 5.96. The van der Waals surface area contributed by atoms with Gasteiger partial charge in [-0.2, -0.15) is 0 Å². The summed E-state index contributed by atoms with van der Waals surface area (Å²) < 4.78 is 5.17. The largest absolute Gasteiger partial charge is 0.491 e. The molecule has 1 rings (SSSR count). The summed E-state index contributed by atoms with van der Waals surface area (Å²) in [6.07, 6.45) is 0.842. The van der Waals surface area contributed by atoms with E-state index in [0.717, 1.165) is 0 Å². The van der Waals surface area contributed by atoms with Crippen molar-refractivity contribution in [1.29, 1.82) is 0 Å². The molecule has 0 saturated carbocycles.